The highest BCUT2D eigenvalue weighted by Crippen LogP contribution is 2.14. The number of sulfonamides is 1. The molecule has 1 heterocycles. The third-order valence-corrected chi connectivity index (χ3v) is 3.63. The topological polar surface area (TPSA) is 122 Å². The number of hydrogen-bond acceptors (Lipinski definition) is 4. The average Bonchev–Trinajstić information content (AvgIpc) is 2.37. The lowest BCUT2D eigenvalue weighted by atomic mass is 10.2. The van der Waals surface area contributed by atoms with Gasteiger partial charge in [0.2, 0.25) is 10.0 Å². The van der Waals surface area contributed by atoms with Crippen LogP contribution >= 0.6 is 0 Å². The number of pyridine rings is 1. The largest absolute Gasteiger partial charge is 0.326 e. The molecule has 110 valence electrons. The molecule has 4 N–H and O–H groups in total. The lowest BCUT2D eigenvalue weighted by molar-refractivity contribution is 0.102. The molecule has 1 aromatic heterocycles. The molecule has 2 aromatic rings. The van der Waals surface area contributed by atoms with Crippen LogP contribution in [0.4, 0.5) is 5.69 Å². The number of carbonyl (C=O) groups is 1. The molecular weight excluding hydrogens is 294 g/mol. The van der Waals surface area contributed by atoms with E-state index in [2.05, 4.69) is 10.3 Å². The zero-order valence-corrected chi connectivity index (χ0v) is 11.9. The van der Waals surface area contributed by atoms with E-state index in [1.807, 2.05) is 0 Å². The van der Waals surface area contributed by atoms with Crippen LogP contribution < -0.4 is 16.0 Å². The maximum absolute atomic E-state index is 12.0. The summed E-state index contributed by atoms with van der Waals surface area (Å²) in [5.74, 6) is -0.636. The van der Waals surface area contributed by atoms with Gasteiger partial charge in [0.05, 0.1) is 4.90 Å². The lowest BCUT2D eigenvalue weighted by Gasteiger charge is -2.06. The van der Waals surface area contributed by atoms with Crippen LogP contribution in [-0.2, 0) is 10.0 Å². The zero-order valence-electron chi connectivity index (χ0n) is 11.1. The molecule has 8 heteroatoms. The minimum atomic E-state index is -3.86. The van der Waals surface area contributed by atoms with Crippen molar-refractivity contribution in [2.75, 3.05) is 5.32 Å². The highest BCUT2D eigenvalue weighted by molar-refractivity contribution is 7.89. The molecule has 1 aromatic carbocycles. The summed E-state index contributed by atoms with van der Waals surface area (Å²) in [6.07, 6.45) is 0. The summed E-state index contributed by atoms with van der Waals surface area (Å²) in [5.41, 5.74) is 0.274. The molecule has 0 aliphatic rings. The molecule has 21 heavy (non-hydrogen) atoms. The van der Waals surface area contributed by atoms with Crippen LogP contribution in [0.2, 0.25) is 0 Å². The fourth-order valence-corrected chi connectivity index (χ4v) is 2.26. The van der Waals surface area contributed by atoms with E-state index in [1.165, 1.54) is 30.3 Å². The van der Waals surface area contributed by atoms with Crippen molar-refractivity contribution in [2.24, 2.45) is 5.14 Å². The predicted octanol–water partition coefficient (Wildman–Crippen LogP) is 0.583. The molecule has 0 saturated heterocycles. The molecule has 0 spiro atoms. The molecular formula is C13H13N3O4S. The number of amides is 1. The van der Waals surface area contributed by atoms with Gasteiger partial charge >= 0.3 is 0 Å². The molecule has 0 aliphatic carbocycles. The number of aromatic nitrogens is 1. The standard InChI is InChI=1S/C13H13N3O4S/c1-8-5-6-11(12(17)15-8)13(18)16-9-3-2-4-10(7-9)21(14,19)20/h2-7H,1H3,(H,15,17)(H,16,18)(H2,14,19,20). The number of benzene rings is 1. The third kappa shape index (κ3) is 3.56. The van der Waals surface area contributed by atoms with E-state index in [-0.39, 0.29) is 16.1 Å². The van der Waals surface area contributed by atoms with Crippen LogP contribution in [0.15, 0.2) is 46.1 Å². The van der Waals surface area contributed by atoms with Gasteiger partial charge < -0.3 is 10.3 Å². The van der Waals surface area contributed by atoms with Gasteiger partial charge in [-0.1, -0.05) is 6.07 Å². The molecule has 0 unspecified atom stereocenters. The van der Waals surface area contributed by atoms with Gasteiger partial charge in [0.15, 0.2) is 0 Å². The number of H-pyrrole nitrogens is 1. The third-order valence-electron chi connectivity index (χ3n) is 2.72. The summed E-state index contributed by atoms with van der Waals surface area (Å²) in [6, 6.07) is 8.45. The van der Waals surface area contributed by atoms with Crippen LogP contribution in [0, 0.1) is 6.92 Å². The first-order valence-corrected chi connectivity index (χ1v) is 7.46. The van der Waals surface area contributed by atoms with Gasteiger partial charge in [-0.15, -0.1) is 0 Å². The van der Waals surface area contributed by atoms with Crippen molar-refractivity contribution in [3.8, 4) is 0 Å². The summed E-state index contributed by atoms with van der Waals surface area (Å²) in [7, 11) is -3.86. The number of aryl methyl sites for hydroxylation is 1. The van der Waals surface area contributed by atoms with Crippen LogP contribution in [0.25, 0.3) is 0 Å². The summed E-state index contributed by atoms with van der Waals surface area (Å²) in [5, 5.41) is 7.46. The highest BCUT2D eigenvalue weighted by Gasteiger charge is 2.13. The Labute approximate surface area is 120 Å². The molecule has 1 amide bonds. The van der Waals surface area contributed by atoms with E-state index in [9.17, 15) is 18.0 Å². The molecule has 0 radical (unpaired) electrons. The van der Waals surface area contributed by atoms with Crippen LogP contribution in [0.5, 0.6) is 0 Å². The van der Waals surface area contributed by atoms with Crippen LogP contribution in [0.3, 0.4) is 0 Å². The Morgan fingerprint density at radius 1 is 1.24 bits per heavy atom. The summed E-state index contributed by atoms with van der Waals surface area (Å²) < 4.78 is 22.5. The van der Waals surface area contributed by atoms with Gasteiger partial charge in [0, 0.05) is 11.4 Å². The molecule has 7 nitrogen and oxygen atoms in total. The predicted molar refractivity (Wildman–Crippen MR) is 77.6 cm³/mol. The van der Waals surface area contributed by atoms with Crippen molar-refractivity contribution in [1.29, 1.82) is 0 Å². The number of nitrogens with two attached hydrogens (primary N) is 1. The number of hydrogen-bond donors (Lipinski definition) is 3. The van der Waals surface area contributed by atoms with Gasteiger partial charge in [-0.05, 0) is 37.3 Å². The Hall–Kier alpha value is -2.45. The Kier molecular flexibility index (Phi) is 3.92. The van der Waals surface area contributed by atoms with E-state index in [1.54, 1.807) is 13.0 Å². The molecule has 0 fully saturated rings. The van der Waals surface area contributed by atoms with Crippen molar-refractivity contribution in [3.63, 3.8) is 0 Å². The first kappa shape index (κ1) is 14.9. The highest BCUT2D eigenvalue weighted by atomic mass is 32.2. The van der Waals surface area contributed by atoms with Gasteiger partial charge in [0.1, 0.15) is 5.56 Å². The second-order valence-electron chi connectivity index (χ2n) is 4.41. The maximum atomic E-state index is 12.0. The van der Waals surface area contributed by atoms with Gasteiger partial charge in [-0.25, -0.2) is 13.6 Å². The Morgan fingerprint density at radius 3 is 2.57 bits per heavy atom. The molecule has 0 bridgehead atoms. The summed E-state index contributed by atoms with van der Waals surface area (Å²) in [4.78, 5) is 26.0. The number of rotatable bonds is 3. The summed E-state index contributed by atoms with van der Waals surface area (Å²) in [6.45, 7) is 1.69. The van der Waals surface area contributed by atoms with Crippen LogP contribution in [0.1, 0.15) is 16.1 Å². The van der Waals surface area contributed by atoms with Gasteiger partial charge in [-0.2, -0.15) is 0 Å². The monoisotopic (exact) mass is 307 g/mol. The van der Waals surface area contributed by atoms with E-state index in [0.29, 0.717) is 5.69 Å². The second-order valence-corrected chi connectivity index (χ2v) is 5.97. The lowest BCUT2D eigenvalue weighted by Crippen LogP contribution is -2.23. The minimum Gasteiger partial charge on any atom is -0.326 e. The Morgan fingerprint density at radius 2 is 1.95 bits per heavy atom. The van der Waals surface area contributed by atoms with Gasteiger partial charge in [0.25, 0.3) is 11.5 Å². The van der Waals surface area contributed by atoms with Crippen molar-refractivity contribution in [1.82, 2.24) is 4.98 Å². The van der Waals surface area contributed by atoms with Crippen LogP contribution in [-0.4, -0.2) is 19.3 Å². The zero-order chi connectivity index (χ0) is 15.6. The van der Waals surface area contributed by atoms with Crippen molar-refractivity contribution in [2.45, 2.75) is 11.8 Å². The Balaban J connectivity index is 2.30. The van der Waals surface area contributed by atoms with Crippen molar-refractivity contribution < 1.29 is 13.2 Å². The summed E-state index contributed by atoms with van der Waals surface area (Å²) >= 11 is 0. The number of aromatic amines is 1. The number of anilines is 1. The van der Waals surface area contributed by atoms with E-state index < -0.39 is 21.5 Å². The maximum Gasteiger partial charge on any atom is 0.261 e. The minimum absolute atomic E-state index is 0.0680. The fraction of sp³-hybridized carbons (Fsp3) is 0.0769. The quantitative estimate of drug-likeness (QED) is 0.767. The molecule has 0 saturated carbocycles. The number of primary sulfonamides is 1. The van der Waals surface area contributed by atoms with E-state index >= 15 is 0 Å². The Bertz CT molecular complexity index is 856. The van der Waals surface area contributed by atoms with Crippen molar-refractivity contribution >= 4 is 21.6 Å². The molecule has 0 atom stereocenters. The molecule has 0 aliphatic heterocycles. The number of nitrogens with one attached hydrogen (secondary N) is 2. The SMILES string of the molecule is Cc1ccc(C(=O)Nc2cccc(S(N)(=O)=O)c2)c(=O)[nH]1. The van der Waals surface area contributed by atoms with E-state index in [4.69, 9.17) is 5.14 Å². The first-order chi connectivity index (χ1) is 9.77. The average molecular weight is 307 g/mol. The smallest absolute Gasteiger partial charge is 0.261 e. The molecule has 2 rings (SSSR count). The fourth-order valence-electron chi connectivity index (χ4n) is 1.70. The van der Waals surface area contributed by atoms with Crippen molar-refractivity contribution in [3.05, 3.63) is 58.0 Å². The number of carbonyl (C=O) groups excluding carboxylic acids is 1. The second kappa shape index (κ2) is 5.51. The van der Waals surface area contributed by atoms with E-state index in [0.717, 1.165) is 0 Å². The first-order valence-electron chi connectivity index (χ1n) is 5.91. The normalized spacial score (nSPS) is 11.1. The van der Waals surface area contributed by atoms with Gasteiger partial charge in [-0.3, -0.25) is 9.59 Å².